The van der Waals surface area contributed by atoms with Gasteiger partial charge in [-0.1, -0.05) is 142 Å². The van der Waals surface area contributed by atoms with Crippen LogP contribution in [-0.2, 0) is 11.8 Å². The third-order valence-electron chi connectivity index (χ3n) is 11.8. The lowest BCUT2D eigenvalue weighted by molar-refractivity contribution is 0.660. The summed E-state index contributed by atoms with van der Waals surface area (Å²) in [6.45, 7) is 7.06. The molecule has 3 aliphatic rings. The fraction of sp³-hybridized carbons (Fsp3) is 0.143. The maximum Gasteiger partial charge on any atom is 0.333 e. The van der Waals surface area contributed by atoms with Gasteiger partial charge in [-0.25, -0.2) is 0 Å². The average molecular weight is 669 g/mol. The quantitative estimate of drug-likeness (QED) is 0.163. The number of rotatable bonds is 6. The van der Waals surface area contributed by atoms with Crippen LogP contribution in [0.25, 0.3) is 33.4 Å². The summed E-state index contributed by atoms with van der Waals surface area (Å²) in [7, 11) is 0. The van der Waals surface area contributed by atoms with E-state index in [0.29, 0.717) is 0 Å². The molecule has 0 unspecified atom stereocenters. The SMILES string of the molecule is CCCCc1ccc(N2c3cc4c(cc3B3c5c(cccc52)-c2ccccc2N3c2ccccc2)-c2ccccc2C4(C)C)c(-c2ccccc2)c1. The van der Waals surface area contributed by atoms with E-state index in [1.54, 1.807) is 0 Å². The van der Waals surface area contributed by atoms with Crippen molar-refractivity contribution in [3.8, 4) is 33.4 Å². The van der Waals surface area contributed by atoms with E-state index in [0.717, 1.165) is 6.42 Å². The molecule has 1 aliphatic carbocycles. The molecule has 0 spiro atoms. The van der Waals surface area contributed by atoms with Crippen molar-refractivity contribution in [1.82, 2.24) is 0 Å². The third kappa shape index (κ3) is 4.51. The highest BCUT2D eigenvalue weighted by Crippen LogP contribution is 2.53. The second kappa shape index (κ2) is 11.9. The first kappa shape index (κ1) is 31.0. The van der Waals surface area contributed by atoms with Gasteiger partial charge >= 0.3 is 6.85 Å². The van der Waals surface area contributed by atoms with E-state index in [1.165, 1.54) is 102 Å². The summed E-state index contributed by atoms with van der Waals surface area (Å²) in [5, 5.41) is 0. The van der Waals surface area contributed by atoms with E-state index in [4.69, 9.17) is 0 Å². The number of fused-ring (bicyclic) bond motifs is 7. The van der Waals surface area contributed by atoms with E-state index in [2.05, 4.69) is 188 Å². The normalized spacial score (nSPS) is 14.3. The van der Waals surface area contributed by atoms with Crippen LogP contribution in [0.1, 0.15) is 50.3 Å². The minimum atomic E-state index is -0.126. The second-order valence-electron chi connectivity index (χ2n) is 15.1. The molecule has 0 N–H and O–H groups in total. The Labute approximate surface area is 308 Å². The molecule has 0 atom stereocenters. The van der Waals surface area contributed by atoms with Gasteiger partial charge in [-0.2, -0.15) is 0 Å². The molecule has 250 valence electrons. The van der Waals surface area contributed by atoms with Crippen LogP contribution in [0.2, 0.25) is 0 Å². The van der Waals surface area contributed by atoms with Gasteiger partial charge in [-0.05, 0) is 105 Å². The van der Waals surface area contributed by atoms with E-state index >= 15 is 0 Å². The number of aryl methyl sites for hydroxylation is 1. The zero-order valence-electron chi connectivity index (χ0n) is 30.1. The Bertz CT molecular complexity index is 2500. The lowest BCUT2D eigenvalue weighted by atomic mass is 9.43. The molecular weight excluding hydrogens is 627 g/mol. The molecule has 0 radical (unpaired) electrons. The van der Waals surface area contributed by atoms with Crippen LogP contribution in [0.15, 0.2) is 158 Å². The Morgan fingerprint density at radius 2 is 1.21 bits per heavy atom. The van der Waals surface area contributed by atoms with Gasteiger partial charge < -0.3 is 9.71 Å². The summed E-state index contributed by atoms with van der Waals surface area (Å²) >= 11 is 0. The van der Waals surface area contributed by atoms with Crippen molar-refractivity contribution in [2.45, 2.75) is 45.4 Å². The summed E-state index contributed by atoms with van der Waals surface area (Å²) < 4.78 is 0. The molecule has 0 saturated heterocycles. The smallest absolute Gasteiger partial charge is 0.333 e. The van der Waals surface area contributed by atoms with Gasteiger partial charge in [0.15, 0.2) is 0 Å². The van der Waals surface area contributed by atoms with Crippen LogP contribution in [0, 0.1) is 0 Å². The molecule has 3 heteroatoms. The molecule has 2 aliphatic heterocycles. The molecule has 0 bridgehead atoms. The summed E-state index contributed by atoms with van der Waals surface area (Å²) in [4.78, 5) is 5.20. The lowest BCUT2D eigenvalue weighted by Crippen LogP contribution is -2.61. The topological polar surface area (TPSA) is 6.48 Å². The summed E-state index contributed by atoms with van der Waals surface area (Å²) in [5.74, 6) is 0. The number of benzene rings is 7. The fourth-order valence-electron chi connectivity index (χ4n) is 9.34. The summed E-state index contributed by atoms with van der Waals surface area (Å²) in [6.07, 6.45) is 3.45. The van der Waals surface area contributed by atoms with Crippen LogP contribution in [0.3, 0.4) is 0 Å². The number of para-hydroxylation sites is 2. The van der Waals surface area contributed by atoms with Crippen molar-refractivity contribution in [2.75, 3.05) is 9.71 Å². The third-order valence-corrected chi connectivity index (χ3v) is 11.8. The summed E-state index contributed by atoms with van der Waals surface area (Å²) in [6, 6.07) is 59.3. The van der Waals surface area contributed by atoms with Crippen molar-refractivity contribution < 1.29 is 0 Å². The van der Waals surface area contributed by atoms with Crippen LogP contribution in [-0.4, -0.2) is 6.85 Å². The molecule has 2 nitrogen and oxygen atoms in total. The van der Waals surface area contributed by atoms with E-state index in [-0.39, 0.29) is 12.3 Å². The molecule has 7 aromatic rings. The highest BCUT2D eigenvalue weighted by Gasteiger charge is 2.47. The molecule has 52 heavy (non-hydrogen) atoms. The predicted octanol–water partition coefficient (Wildman–Crippen LogP) is 11.7. The van der Waals surface area contributed by atoms with E-state index in [1.807, 2.05) is 0 Å². The zero-order valence-corrected chi connectivity index (χ0v) is 30.1. The van der Waals surface area contributed by atoms with Gasteiger partial charge in [-0.3, -0.25) is 0 Å². The Balaban J connectivity index is 1.32. The number of anilines is 5. The molecule has 2 heterocycles. The maximum atomic E-state index is 2.60. The molecule has 7 aromatic carbocycles. The Hall–Kier alpha value is -5.80. The summed E-state index contributed by atoms with van der Waals surface area (Å²) in [5.41, 5.74) is 20.7. The number of hydrogen-bond acceptors (Lipinski definition) is 2. The molecule has 0 saturated carbocycles. The van der Waals surface area contributed by atoms with Gasteiger partial charge in [0.25, 0.3) is 0 Å². The molecule has 0 fully saturated rings. The van der Waals surface area contributed by atoms with Gasteiger partial charge in [0.05, 0.1) is 5.69 Å². The van der Waals surface area contributed by atoms with Crippen molar-refractivity contribution in [3.63, 3.8) is 0 Å². The highest BCUT2D eigenvalue weighted by molar-refractivity contribution is 6.93. The zero-order chi connectivity index (χ0) is 35.0. The molecule has 0 amide bonds. The lowest BCUT2D eigenvalue weighted by Gasteiger charge is -2.46. The van der Waals surface area contributed by atoms with E-state index in [9.17, 15) is 0 Å². The predicted molar refractivity (Wildman–Crippen MR) is 222 cm³/mol. The number of nitrogens with zero attached hydrogens (tertiary/aromatic N) is 2. The van der Waals surface area contributed by atoms with Crippen LogP contribution in [0.4, 0.5) is 28.4 Å². The van der Waals surface area contributed by atoms with Crippen molar-refractivity contribution in [1.29, 1.82) is 0 Å². The maximum absolute atomic E-state index is 2.60. The van der Waals surface area contributed by atoms with Gasteiger partial charge in [0.2, 0.25) is 0 Å². The van der Waals surface area contributed by atoms with Gasteiger partial charge in [-0.15, -0.1) is 0 Å². The molecule has 0 aromatic heterocycles. The molecular formula is C49H41BN2. The van der Waals surface area contributed by atoms with Gasteiger partial charge in [0.1, 0.15) is 0 Å². The van der Waals surface area contributed by atoms with Crippen LogP contribution < -0.4 is 20.6 Å². The fourth-order valence-corrected chi connectivity index (χ4v) is 9.34. The average Bonchev–Trinajstić information content (AvgIpc) is 3.42. The standard InChI is InChI=1S/C49H41BN2/c1-4-5-17-33-28-29-44(39(30-33)34-18-8-6-9-19-34)51-46-27-16-24-38-37-23-13-15-26-45(37)52(35-20-10-7-11-21-35)50(48(38)46)43-31-40-36-22-12-14-25-41(36)49(2,3)42(40)32-47(43)51/h6-16,18-32H,4-5,17H2,1-3H3. The molecule has 10 rings (SSSR count). The first-order chi connectivity index (χ1) is 25.5. The van der Waals surface area contributed by atoms with E-state index < -0.39 is 0 Å². The largest absolute Gasteiger partial charge is 0.376 e. The first-order valence-corrected chi connectivity index (χ1v) is 18.9. The van der Waals surface area contributed by atoms with Gasteiger partial charge in [0, 0.05) is 39.3 Å². The first-order valence-electron chi connectivity index (χ1n) is 18.9. The minimum absolute atomic E-state index is 0.0140. The second-order valence-corrected chi connectivity index (χ2v) is 15.1. The van der Waals surface area contributed by atoms with Crippen molar-refractivity contribution >= 4 is 46.2 Å². The number of hydrogen-bond donors (Lipinski definition) is 0. The van der Waals surface area contributed by atoms with Crippen molar-refractivity contribution in [2.24, 2.45) is 0 Å². The van der Waals surface area contributed by atoms with Crippen LogP contribution in [0.5, 0.6) is 0 Å². The highest BCUT2D eigenvalue weighted by atomic mass is 15.2. The van der Waals surface area contributed by atoms with Crippen molar-refractivity contribution in [3.05, 3.63) is 174 Å². The Morgan fingerprint density at radius 1 is 0.519 bits per heavy atom. The minimum Gasteiger partial charge on any atom is -0.376 e. The Kier molecular flexibility index (Phi) is 7.08. The number of unbranched alkanes of at least 4 members (excludes halogenated alkanes) is 1. The monoisotopic (exact) mass is 668 g/mol. The Morgan fingerprint density at radius 3 is 2.02 bits per heavy atom. The van der Waals surface area contributed by atoms with Crippen LogP contribution >= 0.6 is 0 Å².